The van der Waals surface area contributed by atoms with Crippen LogP contribution in [0.25, 0.3) is 0 Å². The van der Waals surface area contributed by atoms with Gasteiger partial charge in [0.2, 0.25) is 0 Å². The molecule has 2 fully saturated rings. The van der Waals surface area contributed by atoms with Crippen molar-refractivity contribution in [3.8, 4) is 0 Å². The summed E-state index contributed by atoms with van der Waals surface area (Å²) in [4.78, 5) is 22.8. The van der Waals surface area contributed by atoms with Crippen LogP contribution < -0.4 is 0 Å². The van der Waals surface area contributed by atoms with E-state index >= 15 is 0 Å². The summed E-state index contributed by atoms with van der Waals surface area (Å²) in [5, 5.41) is 8.88. The zero-order valence-corrected chi connectivity index (χ0v) is 8.79. The molecule has 0 aromatic rings. The van der Waals surface area contributed by atoms with Crippen LogP contribution in [0.3, 0.4) is 0 Å². The Morgan fingerprint density at radius 2 is 2.00 bits per heavy atom. The van der Waals surface area contributed by atoms with E-state index in [2.05, 4.69) is 0 Å². The first-order valence-corrected chi connectivity index (χ1v) is 5.69. The molecule has 1 N–H and O–H groups in total. The molecule has 2 rings (SSSR count). The predicted octanol–water partition coefficient (Wildman–Crippen LogP) is 1.12. The lowest BCUT2D eigenvalue weighted by atomic mass is 10.3. The molecule has 0 bridgehead atoms. The van der Waals surface area contributed by atoms with Crippen LogP contribution in [0.5, 0.6) is 0 Å². The van der Waals surface area contributed by atoms with E-state index in [0.717, 1.165) is 5.75 Å². The van der Waals surface area contributed by atoms with Crippen molar-refractivity contribution in [2.45, 2.75) is 6.92 Å². The summed E-state index contributed by atoms with van der Waals surface area (Å²) < 4.78 is 0. The first kappa shape index (κ1) is 9.83. The van der Waals surface area contributed by atoms with Gasteiger partial charge in [-0.2, -0.15) is 0 Å². The van der Waals surface area contributed by atoms with Crippen LogP contribution in [0.1, 0.15) is 6.92 Å². The number of hydrogen-bond donors (Lipinski definition) is 1. The summed E-state index contributed by atoms with van der Waals surface area (Å²) in [6.07, 6.45) is -0.810. The lowest BCUT2D eigenvalue weighted by Gasteiger charge is -2.15. The second kappa shape index (κ2) is 3.46. The number of carbonyl (C=O) groups is 2. The van der Waals surface area contributed by atoms with Gasteiger partial charge in [0.05, 0.1) is 0 Å². The first-order valence-electron chi connectivity index (χ1n) is 4.71. The normalized spacial score (nSPS) is 34.1. The Labute approximate surface area is 86.6 Å². The highest BCUT2D eigenvalue weighted by Crippen LogP contribution is 2.52. The summed E-state index contributed by atoms with van der Waals surface area (Å²) in [6, 6.07) is 0. The van der Waals surface area contributed by atoms with E-state index in [4.69, 9.17) is 5.11 Å². The Balaban J connectivity index is 1.74. The number of carbonyl (C=O) groups excluding carboxylic acids is 1. The van der Waals surface area contributed by atoms with Gasteiger partial charge in [-0.15, -0.1) is 0 Å². The van der Waals surface area contributed by atoms with Crippen LogP contribution >= 0.6 is 11.8 Å². The minimum atomic E-state index is -0.810. The van der Waals surface area contributed by atoms with Crippen molar-refractivity contribution in [3.05, 3.63) is 0 Å². The monoisotopic (exact) mass is 215 g/mol. The molecule has 1 heterocycles. The Kier molecular flexibility index (Phi) is 2.43. The number of hydrogen-bond acceptors (Lipinski definition) is 3. The van der Waals surface area contributed by atoms with Crippen LogP contribution in [0.4, 0.5) is 4.79 Å². The van der Waals surface area contributed by atoms with Gasteiger partial charge in [0.25, 0.3) is 0 Å². The Morgan fingerprint density at radius 3 is 2.43 bits per heavy atom. The van der Waals surface area contributed by atoms with E-state index < -0.39 is 6.09 Å². The van der Waals surface area contributed by atoms with E-state index in [-0.39, 0.29) is 5.12 Å². The molecule has 4 nitrogen and oxygen atoms in total. The van der Waals surface area contributed by atoms with Gasteiger partial charge in [-0.05, 0) is 17.8 Å². The molecule has 0 radical (unpaired) electrons. The van der Waals surface area contributed by atoms with Gasteiger partial charge < -0.3 is 10.0 Å². The average Bonchev–Trinajstić information content (AvgIpc) is 2.57. The minimum Gasteiger partial charge on any atom is -0.465 e. The maximum absolute atomic E-state index is 10.7. The lowest BCUT2D eigenvalue weighted by molar-refractivity contribution is -0.109. The van der Waals surface area contributed by atoms with Crippen LogP contribution in [0.15, 0.2) is 0 Å². The summed E-state index contributed by atoms with van der Waals surface area (Å²) in [5.41, 5.74) is 0. The van der Waals surface area contributed by atoms with E-state index in [1.54, 1.807) is 6.92 Å². The van der Waals surface area contributed by atoms with Crippen LogP contribution in [0, 0.1) is 17.8 Å². The van der Waals surface area contributed by atoms with Crippen molar-refractivity contribution in [3.63, 3.8) is 0 Å². The van der Waals surface area contributed by atoms with Crippen molar-refractivity contribution in [1.29, 1.82) is 0 Å². The number of piperidine rings is 1. The Bertz CT molecular complexity index is 262. The van der Waals surface area contributed by atoms with Gasteiger partial charge in [-0.1, -0.05) is 11.8 Å². The summed E-state index contributed by atoms with van der Waals surface area (Å²) >= 11 is 1.36. The van der Waals surface area contributed by atoms with Crippen molar-refractivity contribution < 1.29 is 14.7 Å². The molecule has 0 spiro atoms. The molecule has 2 aliphatic rings. The fourth-order valence-electron chi connectivity index (χ4n) is 2.27. The van der Waals surface area contributed by atoms with E-state index in [0.29, 0.717) is 30.8 Å². The third-order valence-corrected chi connectivity index (χ3v) is 4.08. The third-order valence-electron chi connectivity index (χ3n) is 3.12. The van der Waals surface area contributed by atoms with Crippen LogP contribution in [-0.2, 0) is 4.79 Å². The van der Waals surface area contributed by atoms with Crippen molar-refractivity contribution >= 4 is 23.0 Å². The molecule has 0 unspecified atom stereocenters. The second-order valence-electron chi connectivity index (χ2n) is 3.98. The van der Waals surface area contributed by atoms with Crippen molar-refractivity contribution in [1.82, 2.24) is 4.90 Å². The molecule has 0 aromatic heterocycles. The lowest BCUT2D eigenvalue weighted by Crippen LogP contribution is -2.30. The summed E-state index contributed by atoms with van der Waals surface area (Å²) in [5.74, 6) is 2.51. The SMILES string of the molecule is CC(=O)SC[C@H]1[C@H]2CN(C(=O)O)C[C@@H]12. The summed E-state index contributed by atoms with van der Waals surface area (Å²) in [6.45, 7) is 2.92. The average molecular weight is 215 g/mol. The highest BCUT2D eigenvalue weighted by Gasteiger charge is 2.56. The largest absolute Gasteiger partial charge is 0.465 e. The highest BCUT2D eigenvalue weighted by molar-refractivity contribution is 8.13. The minimum absolute atomic E-state index is 0.157. The molecule has 1 amide bonds. The number of carboxylic acid groups (broad SMARTS) is 1. The number of thioether (sulfide) groups is 1. The predicted molar refractivity (Wildman–Crippen MR) is 53.2 cm³/mol. The Morgan fingerprint density at radius 1 is 1.43 bits per heavy atom. The molecule has 1 aliphatic carbocycles. The number of amides is 1. The maximum atomic E-state index is 10.7. The van der Waals surface area contributed by atoms with E-state index in [9.17, 15) is 9.59 Å². The number of fused-ring (bicyclic) bond motifs is 1. The molecule has 1 saturated heterocycles. The zero-order valence-electron chi connectivity index (χ0n) is 7.97. The number of rotatable bonds is 2. The molecule has 0 aromatic carbocycles. The van der Waals surface area contributed by atoms with Crippen LogP contribution in [-0.4, -0.2) is 40.1 Å². The molecule has 3 atom stereocenters. The molecule has 14 heavy (non-hydrogen) atoms. The van der Waals surface area contributed by atoms with Gasteiger partial charge in [0.1, 0.15) is 0 Å². The quantitative estimate of drug-likeness (QED) is 0.750. The van der Waals surface area contributed by atoms with E-state index in [1.807, 2.05) is 0 Å². The molecule has 5 heteroatoms. The number of likely N-dealkylation sites (tertiary alicyclic amines) is 1. The third kappa shape index (κ3) is 1.73. The Hall–Kier alpha value is -0.710. The van der Waals surface area contributed by atoms with Gasteiger partial charge in [-0.3, -0.25) is 4.79 Å². The van der Waals surface area contributed by atoms with Gasteiger partial charge >= 0.3 is 6.09 Å². The smallest absolute Gasteiger partial charge is 0.407 e. The van der Waals surface area contributed by atoms with Gasteiger partial charge in [0, 0.05) is 25.8 Å². The highest BCUT2D eigenvalue weighted by atomic mass is 32.2. The maximum Gasteiger partial charge on any atom is 0.407 e. The fourth-order valence-corrected chi connectivity index (χ4v) is 3.19. The standard InChI is InChI=1S/C9H13NO3S/c1-5(11)14-4-8-6-2-10(9(12)13)3-7(6)8/h6-8H,2-4H2,1H3,(H,12,13)/t6-,7+,8-. The molecule has 78 valence electrons. The fraction of sp³-hybridized carbons (Fsp3) is 0.778. The first-order chi connectivity index (χ1) is 6.59. The zero-order chi connectivity index (χ0) is 10.3. The second-order valence-corrected chi connectivity index (χ2v) is 5.18. The topological polar surface area (TPSA) is 57.6 Å². The van der Waals surface area contributed by atoms with Crippen molar-refractivity contribution in [2.24, 2.45) is 17.8 Å². The van der Waals surface area contributed by atoms with Gasteiger partial charge in [-0.25, -0.2) is 4.79 Å². The van der Waals surface area contributed by atoms with Gasteiger partial charge in [0.15, 0.2) is 5.12 Å². The van der Waals surface area contributed by atoms with E-state index in [1.165, 1.54) is 16.7 Å². The molecular formula is C9H13NO3S. The molecular weight excluding hydrogens is 202 g/mol. The summed E-state index contributed by atoms with van der Waals surface area (Å²) in [7, 11) is 0. The van der Waals surface area contributed by atoms with Crippen LogP contribution in [0.2, 0.25) is 0 Å². The molecule has 1 aliphatic heterocycles. The van der Waals surface area contributed by atoms with Crippen molar-refractivity contribution in [2.75, 3.05) is 18.8 Å². The molecule has 1 saturated carbocycles. The number of nitrogens with zero attached hydrogens (tertiary/aromatic N) is 1.